The van der Waals surface area contributed by atoms with Gasteiger partial charge in [-0.15, -0.1) is 10.2 Å². The first-order valence-electron chi connectivity index (χ1n) is 6.75. The van der Waals surface area contributed by atoms with Crippen molar-refractivity contribution in [3.63, 3.8) is 0 Å². The summed E-state index contributed by atoms with van der Waals surface area (Å²) in [7, 11) is 1.68. The highest BCUT2D eigenvalue weighted by molar-refractivity contribution is 7.16. The van der Waals surface area contributed by atoms with Crippen LogP contribution in [0.5, 0.6) is 0 Å². The number of fused-ring (bicyclic) bond motifs is 1. The van der Waals surface area contributed by atoms with E-state index in [4.69, 9.17) is 10.5 Å². The zero-order chi connectivity index (χ0) is 13.2. The van der Waals surface area contributed by atoms with Gasteiger partial charge in [0.2, 0.25) is 4.96 Å². The molecule has 0 bridgehead atoms. The Labute approximate surface area is 116 Å². The van der Waals surface area contributed by atoms with Gasteiger partial charge in [-0.3, -0.25) is 0 Å². The van der Waals surface area contributed by atoms with E-state index in [-0.39, 0.29) is 6.10 Å². The molecule has 0 aliphatic heterocycles. The number of nitrogens with zero attached hydrogens (tertiary/aromatic N) is 4. The van der Waals surface area contributed by atoms with Crippen LogP contribution in [0.2, 0.25) is 0 Å². The van der Waals surface area contributed by atoms with Crippen molar-refractivity contribution in [2.75, 3.05) is 13.7 Å². The van der Waals surface area contributed by atoms with Gasteiger partial charge in [-0.05, 0) is 12.8 Å². The third-order valence-electron chi connectivity index (χ3n) is 3.78. The summed E-state index contributed by atoms with van der Waals surface area (Å²) in [5, 5.41) is 14.2. The molecule has 19 heavy (non-hydrogen) atoms. The number of ether oxygens (including phenoxy) is 1. The molecule has 2 aromatic heterocycles. The summed E-state index contributed by atoms with van der Waals surface area (Å²) in [5.74, 6) is 1.55. The lowest BCUT2D eigenvalue weighted by Gasteiger charge is -2.09. The van der Waals surface area contributed by atoms with Gasteiger partial charge in [0.15, 0.2) is 5.82 Å². The molecule has 1 unspecified atom stereocenters. The Morgan fingerprint density at radius 2 is 2.21 bits per heavy atom. The second-order valence-corrected chi connectivity index (χ2v) is 6.07. The fourth-order valence-electron chi connectivity index (χ4n) is 2.65. The lowest BCUT2D eigenvalue weighted by atomic mass is 10.1. The van der Waals surface area contributed by atoms with Crippen LogP contribution in [0.15, 0.2) is 0 Å². The van der Waals surface area contributed by atoms with E-state index in [1.54, 1.807) is 18.4 Å². The van der Waals surface area contributed by atoms with E-state index >= 15 is 0 Å². The Balaban J connectivity index is 1.84. The van der Waals surface area contributed by atoms with E-state index in [1.165, 1.54) is 25.7 Å². The summed E-state index contributed by atoms with van der Waals surface area (Å²) in [5.41, 5.74) is 5.65. The normalized spacial score (nSPS) is 18.4. The van der Waals surface area contributed by atoms with Gasteiger partial charge in [0, 0.05) is 26.0 Å². The minimum Gasteiger partial charge on any atom is -0.380 e. The average molecular weight is 281 g/mol. The molecule has 0 saturated heterocycles. The predicted octanol–water partition coefficient (Wildman–Crippen LogP) is 1.36. The maximum absolute atomic E-state index is 5.65. The van der Waals surface area contributed by atoms with Gasteiger partial charge in [0.25, 0.3) is 0 Å². The van der Waals surface area contributed by atoms with Crippen LogP contribution in [-0.4, -0.2) is 39.6 Å². The molecule has 0 radical (unpaired) electrons. The summed E-state index contributed by atoms with van der Waals surface area (Å²) in [6.07, 6.45) is 5.75. The first-order valence-corrected chi connectivity index (χ1v) is 7.57. The van der Waals surface area contributed by atoms with E-state index < -0.39 is 0 Å². The summed E-state index contributed by atoms with van der Waals surface area (Å²) < 4.78 is 7.22. The van der Waals surface area contributed by atoms with E-state index in [2.05, 4.69) is 15.3 Å². The van der Waals surface area contributed by atoms with Gasteiger partial charge in [0.1, 0.15) is 5.01 Å². The molecule has 2 N–H and O–H groups in total. The van der Waals surface area contributed by atoms with Crippen molar-refractivity contribution in [3.8, 4) is 0 Å². The van der Waals surface area contributed by atoms with Crippen molar-refractivity contribution in [1.82, 2.24) is 19.8 Å². The van der Waals surface area contributed by atoms with Crippen LogP contribution in [0, 0.1) is 0 Å². The zero-order valence-corrected chi connectivity index (χ0v) is 11.9. The van der Waals surface area contributed by atoms with E-state index in [0.717, 1.165) is 22.2 Å². The van der Waals surface area contributed by atoms with Crippen LogP contribution in [0.3, 0.4) is 0 Å². The number of rotatable bonds is 5. The fourth-order valence-corrected chi connectivity index (χ4v) is 3.56. The number of aromatic nitrogens is 4. The maximum Gasteiger partial charge on any atom is 0.234 e. The van der Waals surface area contributed by atoms with Gasteiger partial charge in [-0.25, -0.2) is 0 Å². The molecule has 1 atom stereocenters. The minimum absolute atomic E-state index is 0.0266. The maximum atomic E-state index is 5.65. The Morgan fingerprint density at radius 1 is 1.42 bits per heavy atom. The van der Waals surface area contributed by atoms with Gasteiger partial charge >= 0.3 is 0 Å². The van der Waals surface area contributed by atoms with Crippen molar-refractivity contribution in [1.29, 1.82) is 0 Å². The summed E-state index contributed by atoms with van der Waals surface area (Å²) in [4.78, 5) is 0.878. The Kier molecular flexibility index (Phi) is 3.76. The lowest BCUT2D eigenvalue weighted by molar-refractivity contribution is 0.110. The molecule has 6 nitrogen and oxygen atoms in total. The topological polar surface area (TPSA) is 78.3 Å². The second-order valence-electron chi connectivity index (χ2n) is 5.03. The van der Waals surface area contributed by atoms with Crippen LogP contribution >= 0.6 is 11.3 Å². The molecule has 1 saturated carbocycles. The molecule has 7 heteroatoms. The van der Waals surface area contributed by atoms with Gasteiger partial charge in [0.05, 0.1) is 6.10 Å². The molecule has 2 heterocycles. The molecule has 0 amide bonds. The van der Waals surface area contributed by atoms with Gasteiger partial charge in [-0.2, -0.15) is 9.61 Å². The Bertz CT molecular complexity index is 541. The van der Waals surface area contributed by atoms with Crippen molar-refractivity contribution in [3.05, 3.63) is 10.8 Å². The monoisotopic (exact) mass is 281 g/mol. The van der Waals surface area contributed by atoms with Crippen LogP contribution in [0.1, 0.15) is 42.4 Å². The number of hydrogen-bond acceptors (Lipinski definition) is 6. The quantitative estimate of drug-likeness (QED) is 0.895. The third-order valence-corrected chi connectivity index (χ3v) is 4.70. The smallest absolute Gasteiger partial charge is 0.234 e. The average Bonchev–Trinajstić information content (AvgIpc) is 3.11. The highest BCUT2D eigenvalue weighted by Crippen LogP contribution is 2.33. The molecule has 1 aliphatic rings. The van der Waals surface area contributed by atoms with Crippen molar-refractivity contribution in [2.45, 2.75) is 44.1 Å². The predicted molar refractivity (Wildman–Crippen MR) is 73.4 cm³/mol. The first-order chi connectivity index (χ1) is 9.31. The van der Waals surface area contributed by atoms with E-state index in [0.29, 0.717) is 12.5 Å². The number of methoxy groups -OCH3 is 1. The van der Waals surface area contributed by atoms with Gasteiger partial charge < -0.3 is 10.5 Å². The summed E-state index contributed by atoms with van der Waals surface area (Å²) >= 11 is 1.58. The molecule has 1 fully saturated rings. The third kappa shape index (κ3) is 2.50. The van der Waals surface area contributed by atoms with Crippen molar-refractivity contribution >= 4 is 16.3 Å². The standard InChI is InChI=1S/C12H19N5OS/c1-18-9(7-13)6-10-16-17-11(8-4-2-3-5-8)14-15-12(17)19-10/h8-9H,2-7,13H2,1H3. The largest absolute Gasteiger partial charge is 0.380 e. The zero-order valence-electron chi connectivity index (χ0n) is 11.1. The molecular formula is C12H19N5OS. The van der Waals surface area contributed by atoms with Crippen molar-refractivity contribution in [2.24, 2.45) is 5.73 Å². The molecule has 3 rings (SSSR count). The fraction of sp³-hybridized carbons (Fsp3) is 0.750. The van der Waals surface area contributed by atoms with Crippen LogP contribution in [0.25, 0.3) is 4.96 Å². The summed E-state index contributed by atoms with van der Waals surface area (Å²) in [6.45, 7) is 0.506. The first kappa shape index (κ1) is 13.0. The molecule has 1 aliphatic carbocycles. The van der Waals surface area contributed by atoms with Crippen LogP contribution in [0.4, 0.5) is 0 Å². The Morgan fingerprint density at radius 3 is 2.89 bits per heavy atom. The molecule has 0 spiro atoms. The molecule has 0 aromatic carbocycles. The number of nitrogens with two attached hydrogens (primary N) is 1. The number of hydrogen-bond donors (Lipinski definition) is 1. The Hall–Kier alpha value is -1.05. The highest BCUT2D eigenvalue weighted by Gasteiger charge is 2.24. The lowest BCUT2D eigenvalue weighted by Crippen LogP contribution is -2.24. The van der Waals surface area contributed by atoms with Crippen LogP contribution < -0.4 is 5.73 Å². The van der Waals surface area contributed by atoms with Crippen LogP contribution in [-0.2, 0) is 11.2 Å². The van der Waals surface area contributed by atoms with Crippen molar-refractivity contribution < 1.29 is 4.74 Å². The second kappa shape index (κ2) is 5.52. The molecule has 104 valence electrons. The van der Waals surface area contributed by atoms with E-state index in [1.807, 2.05) is 4.52 Å². The highest BCUT2D eigenvalue weighted by atomic mass is 32.1. The van der Waals surface area contributed by atoms with Gasteiger partial charge in [-0.1, -0.05) is 24.2 Å². The molecular weight excluding hydrogens is 262 g/mol. The molecule has 2 aromatic rings. The summed E-state index contributed by atoms with van der Waals surface area (Å²) in [6, 6.07) is 0. The SMILES string of the molecule is COC(CN)Cc1nn2c(C3CCCC3)nnc2s1. The minimum atomic E-state index is 0.0266. The van der Waals surface area contributed by atoms with E-state index in [9.17, 15) is 0 Å².